The van der Waals surface area contributed by atoms with Crippen LogP contribution in [0, 0.1) is 0 Å². The molecule has 1 heterocycles. The molecule has 3 rings (SSSR count). The second-order valence-electron chi connectivity index (χ2n) is 5.92. The zero-order valence-electron chi connectivity index (χ0n) is 15.6. The second-order valence-corrected chi connectivity index (χ2v) is 7.11. The highest BCUT2D eigenvalue weighted by Gasteiger charge is 2.32. The van der Waals surface area contributed by atoms with E-state index in [4.69, 9.17) is 9.47 Å². The zero-order valence-corrected chi connectivity index (χ0v) is 16.4. The summed E-state index contributed by atoms with van der Waals surface area (Å²) in [5.41, 5.74) is 1.35. The summed E-state index contributed by atoms with van der Waals surface area (Å²) in [7, 11) is 1.59. The number of ether oxygens (including phenoxy) is 2. The van der Waals surface area contributed by atoms with Gasteiger partial charge in [-0.3, -0.25) is 9.59 Å². The van der Waals surface area contributed by atoms with E-state index in [2.05, 4.69) is 15.6 Å². The van der Waals surface area contributed by atoms with Crippen molar-refractivity contribution in [3.8, 4) is 11.5 Å². The summed E-state index contributed by atoms with van der Waals surface area (Å²) in [6.45, 7) is 2.49. The van der Waals surface area contributed by atoms with Gasteiger partial charge in [-0.15, -0.1) is 0 Å². The van der Waals surface area contributed by atoms with Gasteiger partial charge in [0.25, 0.3) is 0 Å². The first kappa shape index (κ1) is 19.8. The average molecular weight is 399 g/mol. The van der Waals surface area contributed by atoms with Gasteiger partial charge >= 0.3 is 0 Å². The van der Waals surface area contributed by atoms with E-state index in [1.807, 2.05) is 6.92 Å². The van der Waals surface area contributed by atoms with E-state index in [-0.39, 0.29) is 18.2 Å². The molecule has 0 bridgehead atoms. The van der Waals surface area contributed by atoms with Crippen molar-refractivity contribution in [2.75, 3.05) is 19.0 Å². The molecule has 0 aliphatic carbocycles. The third kappa shape index (κ3) is 5.26. The molecule has 0 saturated carbocycles. The molecule has 28 heavy (non-hydrogen) atoms. The van der Waals surface area contributed by atoms with Gasteiger partial charge in [0.15, 0.2) is 5.17 Å². The number of anilines is 1. The molecule has 0 aromatic heterocycles. The number of methoxy groups -OCH3 is 1. The Morgan fingerprint density at radius 2 is 1.82 bits per heavy atom. The monoisotopic (exact) mass is 399 g/mol. The molecule has 2 N–H and O–H groups in total. The Kier molecular flexibility index (Phi) is 6.54. The Morgan fingerprint density at radius 3 is 2.46 bits per heavy atom. The first-order chi connectivity index (χ1) is 13.6. The van der Waals surface area contributed by atoms with E-state index in [1.165, 1.54) is 11.8 Å². The molecule has 0 spiro atoms. The summed E-state index contributed by atoms with van der Waals surface area (Å²) in [4.78, 5) is 28.8. The molecular weight excluding hydrogens is 378 g/mol. The standard InChI is InChI=1S/C20H21N3O4S/c1-3-27-16-10-6-13(7-11-16)21-18(24)12-17-19(25)23-20(28-17)22-14-4-8-15(26-2)9-5-14/h4-11,17H,3,12H2,1-2H3,(H,21,24)(H,22,23,25)/t17-/m0/s1. The van der Waals surface area contributed by atoms with Crippen LogP contribution in [-0.4, -0.2) is 35.9 Å². The number of amides is 2. The minimum absolute atomic E-state index is 0.0609. The molecule has 1 saturated heterocycles. The van der Waals surface area contributed by atoms with Crippen molar-refractivity contribution in [3.05, 3.63) is 48.5 Å². The first-order valence-electron chi connectivity index (χ1n) is 8.80. The van der Waals surface area contributed by atoms with Crippen molar-refractivity contribution in [1.29, 1.82) is 0 Å². The molecule has 146 valence electrons. The number of thioether (sulfide) groups is 1. The van der Waals surface area contributed by atoms with Gasteiger partial charge in [-0.1, -0.05) is 11.8 Å². The highest BCUT2D eigenvalue weighted by molar-refractivity contribution is 8.15. The fourth-order valence-corrected chi connectivity index (χ4v) is 3.54. The lowest BCUT2D eigenvalue weighted by Crippen LogP contribution is -2.28. The molecule has 2 amide bonds. The van der Waals surface area contributed by atoms with Gasteiger partial charge in [0.2, 0.25) is 11.8 Å². The fraction of sp³-hybridized carbons (Fsp3) is 0.250. The topological polar surface area (TPSA) is 89.0 Å². The number of benzene rings is 2. The Hall–Kier alpha value is -3.00. The van der Waals surface area contributed by atoms with Crippen molar-refractivity contribution in [1.82, 2.24) is 5.32 Å². The first-order valence-corrected chi connectivity index (χ1v) is 9.68. The number of carbonyl (C=O) groups excluding carboxylic acids is 2. The lowest BCUT2D eigenvalue weighted by atomic mass is 10.2. The second kappa shape index (κ2) is 9.27. The minimum Gasteiger partial charge on any atom is -0.497 e. The SMILES string of the molecule is CCOc1ccc(NC(=O)C[C@@H]2SC(=Nc3ccc(OC)cc3)NC2=O)cc1. The van der Waals surface area contributed by atoms with Gasteiger partial charge in [0, 0.05) is 12.1 Å². The number of aliphatic imine (C=N–C) groups is 1. The van der Waals surface area contributed by atoms with E-state index in [0.29, 0.717) is 23.1 Å². The third-order valence-electron chi connectivity index (χ3n) is 3.90. The summed E-state index contributed by atoms with van der Waals surface area (Å²) in [5, 5.41) is 5.48. The number of nitrogens with one attached hydrogen (secondary N) is 2. The Labute approximate surface area is 167 Å². The summed E-state index contributed by atoms with van der Waals surface area (Å²) in [5.74, 6) is 1.02. The molecular formula is C20H21N3O4S. The molecule has 1 aliphatic rings. The Bertz CT molecular complexity index is 866. The summed E-state index contributed by atoms with van der Waals surface area (Å²) >= 11 is 1.25. The number of nitrogens with zero attached hydrogens (tertiary/aromatic N) is 1. The van der Waals surface area contributed by atoms with Gasteiger partial charge in [0.1, 0.15) is 16.7 Å². The van der Waals surface area contributed by atoms with Crippen LogP contribution in [0.15, 0.2) is 53.5 Å². The predicted octanol–water partition coefficient (Wildman–Crippen LogP) is 3.34. The van der Waals surface area contributed by atoms with Crippen LogP contribution in [0.3, 0.4) is 0 Å². The van der Waals surface area contributed by atoms with Gasteiger partial charge in [-0.25, -0.2) is 4.99 Å². The van der Waals surface area contributed by atoms with E-state index in [9.17, 15) is 9.59 Å². The van der Waals surface area contributed by atoms with Crippen molar-refractivity contribution in [2.45, 2.75) is 18.6 Å². The molecule has 0 radical (unpaired) electrons. The van der Waals surface area contributed by atoms with E-state index < -0.39 is 5.25 Å². The quantitative estimate of drug-likeness (QED) is 0.745. The van der Waals surface area contributed by atoms with E-state index >= 15 is 0 Å². The maximum absolute atomic E-state index is 12.3. The Balaban J connectivity index is 1.56. The molecule has 8 heteroatoms. The maximum atomic E-state index is 12.3. The third-order valence-corrected chi connectivity index (χ3v) is 4.98. The maximum Gasteiger partial charge on any atom is 0.240 e. The number of carbonyl (C=O) groups is 2. The van der Waals surface area contributed by atoms with E-state index in [0.717, 1.165) is 11.5 Å². The lowest BCUT2D eigenvalue weighted by Gasteiger charge is -2.08. The lowest BCUT2D eigenvalue weighted by molar-refractivity contribution is -0.122. The van der Waals surface area contributed by atoms with Crippen molar-refractivity contribution in [3.63, 3.8) is 0 Å². The van der Waals surface area contributed by atoms with Gasteiger partial charge < -0.3 is 20.1 Å². The van der Waals surface area contributed by atoms with Crippen LogP contribution in [0.5, 0.6) is 11.5 Å². The van der Waals surface area contributed by atoms with Gasteiger partial charge in [-0.05, 0) is 55.5 Å². The van der Waals surface area contributed by atoms with Crippen molar-refractivity contribution in [2.24, 2.45) is 4.99 Å². The fourth-order valence-electron chi connectivity index (χ4n) is 2.55. The number of hydrogen-bond acceptors (Lipinski definition) is 6. The largest absolute Gasteiger partial charge is 0.497 e. The highest BCUT2D eigenvalue weighted by Crippen LogP contribution is 2.26. The molecule has 7 nitrogen and oxygen atoms in total. The molecule has 1 aliphatic heterocycles. The number of hydrogen-bond donors (Lipinski definition) is 2. The molecule has 1 atom stereocenters. The molecule has 2 aromatic carbocycles. The number of amidine groups is 1. The van der Waals surface area contributed by atoms with Crippen LogP contribution < -0.4 is 20.1 Å². The number of rotatable bonds is 7. The average Bonchev–Trinajstić information content (AvgIpc) is 3.03. The summed E-state index contributed by atoms with van der Waals surface area (Å²) in [6.07, 6.45) is 0.0609. The molecule has 1 fully saturated rings. The molecule has 2 aromatic rings. The van der Waals surface area contributed by atoms with Crippen molar-refractivity contribution < 1.29 is 19.1 Å². The summed E-state index contributed by atoms with van der Waals surface area (Å²) in [6, 6.07) is 14.3. The zero-order chi connectivity index (χ0) is 19.9. The normalized spacial score (nSPS) is 17.3. The van der Waals surface area contributed by atoms with Crippen LogP contribution in [-0.2, 0) is 9.59 Å². The minimum atomic E-state index is -0.514. The summed E-state index contributed by atoms with van der Waals surface area (Å²) < 4.78 is 10.5. The van der Waals surface area contributed by atoms with Crippen LogP contribution in [0.2, 0.25) is 0 Å². The van der Waals surface area contributed by atoms with Gasteiger partial charge in [0.05, 0.1) is 19.4 Å². The van der Waals surface area contributed by atoms with Crippen LogP contribution in [0.4, 0.5) is 11.4 Å². The van der Waals surface area contributed by atoms with Crippen LogP contribution in [0.25, 0.3) is 0 Å². The van der Waals surface area contributed by atoms with Crippen LogP contribution >= 0.6 is 11.8 Å². The smallest absolute Gasteiger partial charge is 0.240 e. The van der Waals surface area contributed by atoms with Gasteiger partial charge in [-0.2, -0.15) is 0 Å². The predicted molar refractivity (Wildman–Crippen MR) is 110 cm³/mol. The highest BCUT2D eigenvalue weighted by atomic mass is 32.2. The molecule has 0 unspecified atom stereocenters. The van der Waals surface area contributed by atoms with E-state index in [1.54, 1.807) is 55.6 Å². The van der Waals surface area contributed by atoms with Crippen LogP contribution in [0.1, 0.15) is 13.3 Å². The Morgan fingerprint density at radius 1 is 1.14 bits per heavy atom. The van der Waals surface area contributed by atoms with Crippen molar-refractivity contribution >= 4 is 40.1 Å².